The van der Waals surface area contributed by atoms with E-state index in [9.17, 15) is 23.1 Å². The van der Waals surface area contributed by atoms with E-state index < -0.39 is 36.0 Å². The highest BCUT2D eigenvalue weighted by atomic mass is 19.4. The number of ether oxygens (including phenoxy) is 1. The summed E-state index contributed by atoms with van der Waals surface area (Å²) in [6, 6.07) is 4.76. The molecule has 1 fully saturated rings. The largest absolute Gasteiger partial charge is 0.447 e. The molecule has 3 atom stereocenters. The number of aromatic nitrogens is 4. The van der Waals surface area contributed by atoms with Crippen molar-refractivity contribution in [1.82, 2.24) is 20.1 Å². The maximum absolute atomic E-state index is 12.7. The summed E-state index contributed by atoms with van der Waals surface area (Å²) in [4.78, 5) is 25.9. The van der Waals surface area contributed by atoms with Gasteiger partial charge >= 0.3 is 12.3 Å². The lowest BCUT2D eigenvalue weighted by Crippen LogP contribution is -2.41. The molecule has 1 saturated heterocycles. The molecule has 13 heteroatoms. The monoisotopic (exact) mass is 464 g/mol. The summed E-state index contributed by atoms with van der Waals surface area (Å²) in [6.07, 6.45) is -4.46. The standard InChI is InChI=1S/C20H19F3N6O4/c1-10(17-27-16(28-33-17)12-3-5-13(6-4-12)20(21,22)23)25-18-24-8-7-15(26-18)29-14(11(2)30)9-32-19(29)31/h3-8,10-11,14,30H,9H2,1-2H3,(H,24,25,26)/t10-,11+,14?/m0/s1. The molecule has 1 aromatic carbocycles. The number of nitrogens with zero attached hydrogens (tertiary/aromatic N) is 5. The average molecular weight is 464 g/mol. The van der Waals surface area contributed by atoms with Gasteiger partial charge in [-0.25, -0.2) is 9.78 Å². The molecular weight excluding hydrogens is 445 g/mol. The van der Waals surface area contributed by atoms with Gasteiger partial charge in [-0.3, -0.25) is 4.90 Å². The Bertz CT molecular complexity index is 1140. The van der Waals surface area contributed by atoms with Gasteiger partial charge in [0.15, 0.2) is 0 Å². The zero-order valence-electron chi connectivity index (χ0n) is 17.4. The second-order valence-electron chi connectivity index (χ2n) is 7.39. The Kier molecular flexibility index (Phi) is 5.89. The van der Waals surface area contributed by atoms with Crippen LogP contribution in [-0.2, 0) is 10.9 Å². The number of benzene rings is 1. The van der Waals surface area contributed by atoms with Gasteiger partial charge in [0.2, 0.25) is 17.7 Å². The van der Waals surface area contributed by atoms with Crippen LogP contribution in [-0.4, -0.2) is 50.1 Å². The van der Waals surface area contributed by atoms with Crippen LogP contribution in [0.4, 0.5) is 29.7 Å². The Morgan fingerprint density at radius 2 is 1.91 bits per heavy atom. The van der Waals surface area contributed by atoms with Crippen molar-refractivity contribution in [3.8, 4) is 11.4 Å². The molecule has 0 spiro atoms. The first-order valence-electron chi connectivity index (χ1n) is 9.88. The van der Waals surface area contributed by atoms with E-state index in [0.717, 1.165) is 12.1 Å². The van der Waals surface area contributed by atoms with E-state index >= 15 is 0 Å². The van der Waals surface area contributed by atoms with Gasteiger partial charge in [0.1, 0.15) is 24.5 Å². The number of hydrogen-bond acceptors (Lipinski definition) is 9. The second-order valence-corrected chi connectivity index (χ2v) is 7.39. The lowest BCUT2D eigenvalue weighted by molar-refractivity contribution is -0.137. The quantitative estimate of drug-likeness (QED) is 0.564. The van der Waals surface area contributed by atoms with Crippen molar-refractivity contribution < 1.29 is 32.3 Å². The number of alkyl halides is 3. The first kappa shape index (κ1) is 22.5. The van der Waals surface area contributed by atoms with Crippen LogP contribution in [0.5, 0.6) is 0 Å². The van der Waals surface area contributed by atoms with Gasteiger partial charge in [0, 0.05) is 11.8 Å². The molecule has 1 aliphatic heterocycles. The molecule has 0 saturated carbocycles. The van der Waals surface area contributed by atoms with Gasteiger partial charge in [0.05, 0.1) is 11.7 Å². The van der Waals surface area contributed by atoms with Gasteiger partial charge in [0.25, 0.3) is 0 Å². The summed E-state index contributed by atoms with van der Waals surface area (Å²) in [6.45, 7) is 3.28. The Morgan fingerprint density at radius 3 is 2.58 bits per heavy atom. The molecule has 2 N–H and O–H groups in total. The first-order valence-corrected chi connectivity index (χ1v) is 9.88. The van der Waals surface area contributed by atoms with Crippen molar-refractivity contribution in [1.29, 1.82) is 0 Å². The molecule has 33 heavy (non-hydrogen) atoms. The van der Waals surface area contributed by atoms with Gasteiger partial charge < -0.3 is 19.7 Å². The Labute approximate surface area is 185 Å². The molecule has 1 unspecified atom stereocenters. The third-order valence-electron chi connectivity index (χ3n) is 4.98. The van der Waals surface area contributed by atoms with Crippen LogP contribution < -0.4 is 10.2 Å². The van der Waals surface area contributed by atoms with E-state index in [0.29, 0.717) is 5.56 Å². The highest BCUT2D eigenvalue weighted by Crippen LogP contribution is 2.31. The van der Waals surface area contributed by atoms with Crippen LogP contribution in [0.15, 0.2) is 41.1 Å². The smallest absolute Gasteiger partial charge is 0.416 e. The third-order valence-corrected chi connectivity index (χ3v) is 4.98. The van der Waals surface area contributed by atoms with E-state index in [2.05, 4.69) is 25.4 Å². The number of aliphatic hydroxyl groups excluding tert-OH is 1. The Morgan fingerprint density at radius 1 is 1.18 bits per heavy atom. The summed E-state index contributed by atoms with van der Waals surface area (Å²) in [5.41, 5.74) is -0.415. The van der Waals surface area contributed by atoms with Crippen LogP contribution in [0.2, 0.25) is 0 Å². The molecule has 2 aromatic heterocycles. The van der Waals surface area contributed by atoms with Gasteiger partial charge in [-0.1, -0.05) is 17.3 Å². The fourth-order valence-corrected chi connectivity index (χ4v) is 3.20. The van der Waals surface area contributed by atoms with Crippen LogP contribution in [0.3, 0.4) is 0 Å². The molecule has 3 heterocycles. The molecule has 0 radical (unpaired) electrons. The highest BCUT2D eigenvalue weighted by molar-refractivity contribution is 5.89. The molecule has 1 amide bonds. The SMILES string of the molecule is C[C@H](Nc1nccc(N2C(=O)OCC2[C@@H](C)O)n1)c1nc(-c2ccc(C(F)(F)F)cc2)no1. The van der Waals surface area contributed by atoms with Crippen LogP contribution in [0.1, 0.15) is 31.3 Å². The van der Waals surface area contributed by atoms with Crippen molar-refractivity contribution in [2.75, 3.05) is 16.8 Å². The number of amides is 1. The number of hydrogen-bond donors (Lipinski definition) is 2. The molecule has 1 aliphatic rings. The Balaban J connectivity index is 1.48. The van der Waals surface area contributed by atoms with Gasteiger partial charge in [-0.05, 0) is 32.0 Å². The van der Waals surface area contributed by atoms with E-state index in [-0.39, 0.29) is 30.1 Å². The number of anilines is 2. The van der Waals surface area contributed by atoms with Crippen molar-refractivity contribution in [3.05, 3.63) is 48.0 Å². The first-order chi connectivity index (χ1) is 15.6. The van der Waals surface area contributed by atoms with E-state index in [4.69, 9.17) is 9.26 Å². The number of aliphatic hydroxyl groups is 1. The zero-order chi connectivity index (χ0) is 23.8. The normalized spacial score (nSPS) is 18.2. The zero-order valence-corrected chi connectivity index (χ0v) is 17.4. The minimum Gasteiger partial charge on any atom is -0.447 e. The van der Waals surface area contributed by atoms with Crippen LogP contribution in [0.25, 0.3) is 11.4 Å². The number of halogens is 3. The predicted octanol–water partition coefficient (Wildman–Crippen LogP) is 3.42. The lowest BCUT2D eigenvalue weighted by atomic mass is 10.1. The maximum Gasteiger partial charge on any atom is 0.416 e. The molecule has 0 aliphatic carbocycles. The van der Waals surface area contributed by atoms with Crippen LogP contribution in [0, 0.1) is 0 Å². The topological polar surface area (TPSA) is 127 Å². The van der Waals surface area contributed by atoms with Crippen molar-refractivity contribution in [2.24, 2.45) is 0 Å². The molecule has 0 bridgehead atoms. The fraction of sp³-hybridized carbons (Fsp3) is 0.350. The number of carbonyl (C=O) groups is 1. The average Bonchev–Trinajstić information content (AvgIpc) is 3.41. The van der Waals surface area contributed by atoms with E-state index in [1.54, 1.807) is 13.8 Å². The third kappa shape index (κ3) is 4.72. The van der Waals surface area contributed by atoms with Gasteiger partial charge in [-0.15, -0.1) is 0 Å². The molecule has 3 aromatic rings. The molecule has 4 rings (SSSR count). The second kappa shape index (κ2) is 8.65. The number of carbonyl (C=O) groups excluding carboxylic acids is 1. The number of nitrogens with one attached hydrogen (secondary N) is 1. The lowest BCUT2D eigenvalue weighted by Gasteiger charge is -2.22. The number of cyclic esters (lactones) is 1. The van der Waals surface area contributed by atoms with Gasteiger partial charge in [-0.2, -0.15) is 23.1 Å². The van der Waals surface area contributed by atoms with Crippen LogP contribution >= 0.6 is 0 Å². The van der Waals surface area contributed by atoms with Crippen molar-refractivity contribution in [2.45, 2.75) is 38.2 Å². The summed E-state index contributed by atoms with van der Waals surface area (Å²) in [7, 11) is 0. The summed E-state index contributed by atoms with van der Waals surface area (Å²) in [5.74, 6) is 0.672. The molecular formula is C20H19F3N6O4. The Hall–Kier alpha value is -3.74. The molecule has 10 nitrogen and oxygen atoms in total. The van der Waals surface area contributed by atoms with Crippen molar-refractivity contribution >= 4 is 17.9 Å². The number of rotatable bonds is 6. The van der Waals surface area contributed by atoms with E-state index in [1.165, 1.54) is 29.3 Å². The summed E-state index contributed by atoms with van der Waals surface area (Å²) >= 11 is 0. The van der Waals surface area contributed by atoms with Crippen molar-refractivity contribution in [3.63, 3.8) is 0 Å². The molecule has 174 valence electrons. The fourth-order valence-electron chi connectivity index (χ4n) is 3.20. The predicted molar refractivity (Wildman–Crippen MR) is 108 cm³/mol. The summed E-state index contributed by atoms with van der Waals surface area (Å²) in [5, 5.41) is 16.7. The minimum atomic E-state index is -4.44. The highest BCUT2D eigenvalue weighted by Gasteiger charge is 2.38. The maximum atomic E-state index is 12.7. The van der Waals surface area contributed by atoms with E-state index in [1.807, 2.05) is 0 Å². The minimum absolute atomic E-state index is 0.0361. The summed E-state index contributed by atoms with van der Waals surface area (Å²) < 4.78 is 48.4.